The minimum Gasteiger partial charge on any atom is -0.466 e. The van der Waals surface area contributed by atoms with Gasteiger partial charge in [0.1, 0.15) is 0 Å². The third kappa shape index (κ3) is 4.88. The zero-order valence-electron chi connectivity index (χ0n) is 10.4. The summed E-state index contributed by atoms with van der Waals surface area (Å²) in [4.78, 5) is 22.9. The first-order chi connectivity index (χ1) is 8.67. The van der Waals surface area contributed by atoms with Crippen molar-refractivity contribution in [3.8, 4) is 0 Å². The number of Topliss-reactive ketones (excluding diaryl/α,β-unsaturated/α-hetero) is 1. The fraction of sp³-hybridized carbons (Fsp3) is 0.429. The van der Waals surface area contributed by atoms with Crippen molar-refractivity contribution in [1.29, 1.82) is 0 Å². The highest BCUT2D eigenvalue weighted by Gasteiger charge is 2.08. The lowest BCUT2D eigenvalue weighted by Crippen LogP contribution is -2.05. The molecule has 0 saturated carbocycles. The van der Waals surface area contributed by atoms with Gasteiger partial charge >= 0.3 is 5.97 Å². The lowest BCUT2D eigenvalue weighted by Gasteiger charge is -2.03. The molecule has 0 spiro atoms. The van der Waals surface area contributed by atoms with Crippen molar-refractivity contribution in [3.63, 3.8) is 0 Å². The maximum absolute atomic E-state index is 11.8. The molecule has 0 amide bonds. The minimum absolute atomic E-state index is 0.0421. The van der Waals surface area contributed by atoms with Crippen molar-refractivity contribution in [1.82, 2.24) is 0 Å². The number of carbonyl (C=O) groups excluding carboxylic acids is 2. The van der Waals surface area contributed by atoms with Crippen molar-refractivity contribution in [2.45, 2.75) is 32.1 Å². The summed E-state index contributed by atoms with van der Waals surface area (Å²) < 4.78 is 4.79. The van der Waals surface area contributed by atoms with Crippen molar-refractivity contribution in [2.75, 3.05) is 6.61 Å². The van der Waals surface area contributed by atoms with E-state index in [1.165, 1.54) is 0 Å². The SMILES string of the molecule is CCOC(=O)CCCC(=O)c1ccc(CCl)cc1. The van der Waals surface area contributed by atoms with Gasteiger partial charge in [-0.15, -0.1) is 11.6 Å². The second kappa shape index (κ2) is 7.88. The lowest BCUT2D eigenvalue weighted by molar-refractivity contribution is -0.143. The van der Waals surface area contributed by atoms with E-state index >= 15 is 0 Å². The van der Waals surface area contributed by atoms with Gasteiger partial charge in [0.25, 0.3) is 0 Å². The van der Waals surface area contributed by atoms with Crippen LogP contribution in [0.2, 0.25) is 0 Å². The summed E-state index contributed by atoms with van der Waals surface area (Å²) in [5.41, 5.74) is 1.65. The molecule has 0 atom stereocenters. The van der Waals surface area contributed by atoms with E-state index in [0.717, 1.165) is 5.56 Å². The number of ketones is 1. The van der Waals surface area contributed by atoms with Crippen molar-refractivity contribution >= 4 is 23.4 Å². The van der Waals surface area contributed by atoms with Crippen LogP contribution in [-0.2, 0) is 15.4 Å². The first kappa shape index (κ1) is 14.7. The molecule has 1 aromatic rings. The Morgan fingerprint density at radius 3 is 2.39 bits per heavy atom. The van der Waals surface area contributed by atoms with Crippen LogP contribution in [0.3, 0.4) is 0 Å². The molecule has 0 fully saturated rings. The maximum Gasteiger partial charge on any atom is 0.305 e. The molecule has 3 nitrogen and oxygen atoms in total. The number of benzene rings is 1. The Labute approximate surface area is 112 Å². The third-order valence-corrected chi connectivity index (χ3v) is 2.83. The van der Waals surface area contributed by atoms with Crippen LogP contribution in [0.4, 0.5) is 0 Å². The molecule has 0 bridgehead atoms. The fourth-order valence-corrected chi connectivity index (χ4v) is 1.73. The van der Waals surface area contributed by atoms with Gasteiger partial charge in [0.2, 0.25) is 0 Å². The quantitative estimate of drug-likeness (QED) is 0.433. The van der Waals surface area contributed by atoms with E-state index in [2.05, 4.69) is 0 Å². The highest BCUT2D eigenvalue weighted by atomic mass is 35.5. The number of alkyl halides is 1. The van der Waals surface area contributed by atoms with Crippen LogP contribution in [0.15, 0.2) is 24.3 Å². The highest BCUT2D eigenvalue weighted by Crippen LogP contribution is 2.11. The van der Waals surface area contributed by atoms with Crippen LogP contribution in [0.25, 0.3) is 0 Å². The van der Waals surface area contributed by atoms with E-state index in [1.807, 2.05) is 12.1 Å². The third-order valence-electron chi connectivity index (χ3n) is 2.52. The minimum atomic E-state index is -0.247. The molecule has 0 aliphatic carbocycles. The first-order valence-electron chi connectivity index (χ1n) is 6.01. The number of hydrogen-bond acceptors (Lipinski definition) is 3. The zero-order valence-corrected chi connectivity index (χ0v) is 11.2. The second-order valence-corrected chi connectivity index (χ2v) is 4.18. The molecule has 1 aromatic carbocycles. The fourth-order valence-electron chi connectivity index (χ4n) is 1.55. The van der Waals surface area contributed by atoms with Crippen LogP contribution in [0, 0.1) is 0 Å². The molecule has 1 rings (SSSR count). The summed E-state index contributed by atoms with van der Waals surface area (Å²) in [6, 6.07) is 7.21. The molecule has 0 radical (unpaired) electrons. The topological polar surface area (TPSA) is 43.4 Å². The Hall–Kier alpha value is -1.35. The molecule has 0 heterocycles. The van der Waals surface area contributed by atoms with E-state index in [0.29, 0.717) is 37.3 Å². The normalized spacial score (nSPS) is 10.1. The number of carbonyl (C=O) groups is 2. The van der Waals surface area contributed by atoms with Crippen LogP contribution in [-0.4, -0.2) is 18.4 Å². The standard InChI is InChI=1S/C14H17ClO3/c1-2-18-14(17)5-3-4-13(16)12-8-6-11(10-15)7-9-12/h6-9H,2-5,10H2,1H3. The molecule has 0 aliphatic rings. The molecule has 0 aromatic heterocycles. The summed E-state index contributed by atoms with van der Waals surface area (Å²) in [5, 5.41) is 0. The van der Waals surface area contributed by atoms with Crippen LogP contribution < -0.4 is 0 Å². The van der Waals surface area contributed by atoms with E-state index in [9.17, 15) is 9.59 Å². The molecule has 18 heavy (non-hydrogen) atoms. The number of ether oxygens (including phenoxy) is 1. The molecule has 0 unspecified atom stereocenters. The van der Waals surface area contributed by atoms with E-state index in [4.69, 9.17) is 16.3 Å². The molecular weight excluding hydrogens is 252 g/mol. The Morgan fingerprint density at radius 1 is 1.17 bits per heavy atom. The maximum atomic E-state index is 11.8. The first-order valence-corrected chi connectivity index (χ1v) is 6.54. The lowest BCUT2D eigenvalue weighted by atomic mass is 10.0. The number of hydrogen-bond donors (Lipinski definition) is 0. The second-order valence-electron chi connectivity index (χ2n) is 3.91. The Kier molecular flexibility index (Phi) is 6.44. The van der Waals surface area contributed by atoms with Crippen molar-refractivity contribution < 1.29 is 14.3 Å². The van der Waals surface area contributed by atoms with Crippen molar-refractivity contribution in [2.24, 2.45) is 0 Å². The average molecular weight is 269 g/mol. The van der Waals surface area contributed by atoms with E-state index in [1.54, 1.807) is 19.1 Å². The molecule has 98 valence electrons. The summed E-state index contributed by atoms with van der Waals surface area (Å²) >= 11 is 5.67. The largest absolute Gasteiger partial charge is 0.466 e. The predicted octanol–water partition coefficient (Wildman–Crippen LogP) is 3.34. The van der Waals surface area contributed by atoms with Gasteiger partial charge in [-0.25, -0.2) is 0 Å². The monoisotopic (exact) mass is 268 g/mol. The van der Waals surface area contributed by atoms with Gasteiger partial charge in [0.05, 0.1) is 6.61 Å². The number of rotatable bonds is 7. The van der Waals surface area contributed by atoms with Crippen LogP contribution >= 0.6 is 11.6 Å². The summed E-state index contributed by atoms with van der Waals surface area (Å²) in [6.07, 6.45) is 1.17. The number of halogens is 1. The van der Waals surface area contributed by atoms with Crippen LogP contribution in [0.5, 0.6) is 0 Å². The van der Waals surface area contributed by atoms with Gasteiger partial charge in [0, 0.05) is 24.3 Å². The van der Waals surface area contributed by atoms with Crippen molar-refractivity contribution in [3.05, 3.63) is 35.4 Å². The predicted molar refractivity (Wildman–Crippen MR) is 70.8 cm³/mol. The summed E-state index contributed by atoms with van der Waals surface area (Å²) in [7, 11) is 0. The zero-order chi connectivity index (χ0) is 13.4. The van der Waals surface area contributed by atoms with E-state index in [-0.39, 0.29) is 11.8 Å². The highest BCUT2D eigenvalue weighted by molar-refractivity contribution is 6.17. The smallest absolute Gasteiger partial charge is 0.305 e. The van der Waals surface area contributed by atoms with Gasteiger partial charge in [-0.2, -0.15) is 0 Å². The molecule has 4 heteroatoms. The van der Waals surface area contributed by atoms with Gasteiger partial charge < -0.3 is 4.74 Å². The van der Waals surface area contributed by atoms with E-state index < -0.39 is 0 Å². The van der Waals surface area contributed by atoms with Gasteiger partial charge in [-0.05, 0) is 18.9 Å². The molecule has 0 N–H and O–H groups in total. The van der Waals surface area contributed by atoms with Gasteiger partial charge in [-0.3, -0.25) is 9.59 Å². The Balaban J connectivity index is 2.38. The molecule has 0 aliphatic heterocycles. The summed E-state index contributed by atoms with van der Waals surface area (Å²) in [6.45, 7) is 2.15. The Bertz CT molecular complexity index is 398. The summed E-state index contributed by atoms with van der Waals surface area (Å²) in [5.74, 6) is 0.236. The number of esters is 1. The average Bonchev–Trinajstić information content (AvgIpc) is 2.39. The van der Waals surface area contributed by atoms with Gasteiger partial charge in [-0.1, -0.05) is 24.3 Å². The van der Waals surface area contributed by atoms with Crippen LogP contribution in [0.1, 0.15) is 42.1 Å². The molecular formula is C14H17ClO3. The molecule has 0 saturated heterocycles. The van der Waals surface area contributed by atoms with Gasteiger partial charge in [0.15, 0.2) is 5.78 Å². The Morgan fingerprint density at radius 2 is 1.83 bits per heavy atom.